The van der Waals surface area contributed by atoms with Gasteiger partial charge in [0.2, 0.25) is 0 Å². The smallest absolute Gasteiger partial charge is 0.124 e. The fraction of sp³-hybridized carbons (Fsp3) is 0.286. The highest BCUT2D eigenvalue weighted by Gasteiger charge is 2.06. The van der Waals surface area contributed by atoms with E-state index in [0.29, 0.717) is 17.8 Å². The Morgan fingerprint density at radius 1 is 1.42 bits per heavy atom. The van der Waals surface area contributed by atoms with Gasteiger partial charge in [-0.3, -0.25) is 4.68 Å². The molecule has 4 nitrogen and oxygen atoms in total. The Labute approximate surface area is 111 Å². The first-order chi connectivity index (χ1) is 9.13. The summed E-state index contributed by atoms with van der Waals surface area (Å²) in [6.45, 7) is 2.59. The van der Waals surface area contributed by atoms with Crippen molar-refractivity contribution in [3.63, 3.8) is 0 Å². The third-order valence-electron chi connectivity index (χ3n) is 2.95. The van der Waals surface area contributed by atoms with Crippen LogP contribution in [0.3, 0.4) is 0 Å². The molecule has 0 bridgehead atoms. The van der Waals surface area contributed by atoms with Gasteiger partial charge in [0.05, 0.1) is 29.2 Å². The highest BCUT2D eigenvalue weighted by atomic mass is 19.1. The molecule has 0 aliphatic carbocycles. The molecule has 0 unspecified atom stereocenters. The molecule has 0 saturated heterocycles. The van der Waals surface area contributed by atoms with Crippen molar-refractivity contribution in [3.8, 4) is 6.07 Å². The predicted octanol–water partition coefficient (Wildman–Crippen LogP) is 2.61. The molecule has 2 aromatic rings. The lowest BCUT2D eigenvalue weighted by Gasteiger charge is -2.08. The second-order valence-corrected chi connectivity index (χ2v) is 4.26. The van der Waals surface area contributed by atoms with Crippen molar-refractivity contribution in [2.45, 2.75) is 19.9 Å². The number of benzene rings is 1. The van der Waals surface area contributed by atoms with E-state index in [2.05, 4.69) is 10.4 Å². The second-order valence-electron chi connectivity index (χ2n) is 4.26. The zero-order valence-corrected chi connectivity index (χ0v) is 10.9. The number of anilines is 1. The van der Waals surface area contributed by atoms with Crippen LogP contribution < -0.4 is 5.32 Å². The van der Waals surface area contributed by atoms with Gasteiger partial charge in [-0.25, -0.2) is 4.39 Å². The monoisotopic (exact) mass is 258 g/mol. The Balaban J connectivity index is 2.14. The molecule has 0 aliphatic rings. The summed E-state index contributed by atoms with van der Waals surface area (Å²) in [6.07, 6.45) is 0.883. The van der Waals surface area contributed by atoms with Gasteiger partial charge in [0.25, 0.3) is 0 Å². The minimum atomic E-state index is -0.407. The van der Waals surface area contributed by atoms with Gasteiger partial charge >= 0.3 is 0 Å². The molecule has 0 fully saturated rings. The summed E-state index contributed by atoms with van der Waals surface area (Å²) >= 11 is 0. The predicted molar refractivity (Wildman–Crippen MR) is 71.0 cm³/mol. The maximum Gasteiger partial charge on any atom is 0.124 e. The highest BCUT2D eigenvalue weighted by Crippen LogP contribution is 2.17. The average molecular weight is 258 g/mol. The number of aromatic nitrogens is 2. The molecule has 0 spiro atoms. The van der Waals surface area contributed by atoms with Gasteiger partial charge < -0.3 is 5.32 Å². The van der Waals surface area contributed by atoms with Crippen LogP contribution in [-0.2, 0) is 20.0 Å². The molecule has 0 aliphatic heterocycles. The van der Waals surface area contributed by atoms with E-state index < -0.39 is 5.82 Å². The maximum absolute atomic E-state index is 13.0. The molecule has 2 rings (SSSR count). The zero-order chi connectivity index (χ0) is 13.8. The number of hydrogen-bond acceptors (Lipinski definition) is 3. The summed E-state index contributed by atoms with van der Waals surface area (Å²) < 4.78 is 14.8. The van der Waals surface area contributed by atoms with Crippen LogP contribution in [0.1, 0.15) is 23.9 Å². The SMILES string of the molecule is CCc1cc(CNc2ccc(F)cc2C#N)n(C)n1. The molecule has 0 radical (unpaired) electrons. The van der Waals surface area contributed by atoms with Crippen molar-refractivity contribution >= 4 is 5.69 Å². The quantitative estimate of drug-likeness (QED) is 0.917. The molecule has 1 aromatic heterocycles. The molecule has 0 amide bonds. The molecule has 1 N–H and O–H groups in total. The van der Waals surface area contributed by atoms with Crippen LogP contribution in [0.5, 0.6) is 0 Å². The Hall–Kier alpha value is -2.35. The second kappa shape index (κ2) is 5.53. The van der Waals surface area contributed by atoms with E-state index in [-0.39, 0.29) is 0 Å². The average Bonchev–Trinajstić information content (AvgIpc) is 2.78. The van der Waals surface area contributed by atoms with Crippen molar-refractivity contribution in [3.05, 3.63) is 47.0 Å². The van der Waals surface area contributed by atoms with Gasteiger partial charge in [-0.2, -0.15) is 10.4 Å². The minimum Gasteiger partial charge on any atom is -0.378 e. The molecule has 0 saturated carbocycles. The Morgan fingerprint density at radius 2 is 2.21 bits per heavy atom. The van der Waals surface area contributed by atoms with Crippen LogP contribution in [0, 0.1) is 17.1 Å². The summed E-state index contributed by atoms with van der Waals surface area (Å²) in [5.41, 5.74) is 2.98. The number of nitriles is 1. The van der Waals surface area contributed by atoms with E-state index in [4.69, 9.17) is 5.26 Å². The van der Waals surface area contributed by atoms with Crippen molar-refractivity contribution in [1.82, 2.24) is 9.78 Å². The summed E-state index contributed by atoms with van der Waals surface area (Å²) in [7, 11) is 1.88. The van der Waals surface area contributed by atoms with E-state index in [1.807, 2.05) is 26.1 Å². The van der Waals surface area contributed by atoms with Crippen molar-refractivity contribution < 1.29 is 4.39 Å². The normalized spacial score (nSPS) is 10.2. The molecular weight excluding hydrogens is 243 g/mol. The topological polar surface area (TPSA) is 53.6 Å². The van der Waals surface area contributed by atoms with Gasteiger partial charge in [-0.15, -0.1) is 0 Å². The largest absolute Gasteiger partial charge is 0.378 e. The number of rotatable bonds is 4. The fourth-order valence-electron chi connectivity index (χ4n) is 1.86. The van der Waals surface area contributed by atoms with Gasteiger partial charge in [0.15, 0.2) is 0 Å². The zero-order valence-electron chi connectivity index (χ0n) is 10.9. The van der Waals surface area contributed by atoms with Gasteiger partial charge in [-0.05, 0) is 30.7 Å². The highest BCUT2D eigenvalue weighted by molar-refractivity contribution is 5.57. The lowest BCUT2D eigenvalue weighted by Crippen LogP contribution is -2.06. The summed E-state index contributed by atoms with van der Waals surface area (Å²) in [4.78, 5) is 0. The van der Waals surface area contributed by atoms with E-state index in [9.17, 15) is 4.39 Å². The van der Waals surface area contributed by atoms with Gasteiger partial charge in [0.1, 0.15) is 11.9 Å². The fourth-order valence-corrected chi connectivity index (χ4v) is 1.86. The van der Waals surface area contributed by atoms with E-state index >= 15 is 0 Å². The third kappa shape index (κ3) is 2.91. The van der Waals surface area contributed by atoms with Crippen LogP contribution in [0.15, 0.2) is 24.3 Å². The number of halogens is 1. The summed E-state index contributed by atoms with van der Waals surface area (Å²) in [6, 6.07) is 8.13. The maximum atomic E-state index is 13.0. The first-order valence-electron chi connectivity index (χ1n) is 6.09. The molecular formula is C14H15FN4. The van der Waals surface area contributed by atoms with E-state index in [1.165, 1.54) is 12.1 Å². The van der Waals surface area contributed by atoms with Crippen LogP contribution in [0.4, 0.5) is 10.1 Å². The molecule has 1 heterocycles. The number of hydrogen-bond donors (Lipinski definition) is 1. The summed E-state index contributed by atoms with van der Waals surface area (Å²) in [5.74, 6) is -0.407. The van der Waals surface area contributed by atoms with Gasteiger partial charge in [0, 0.05) is 7.05 Å². The minimum absolute atomic E-state index is 0.304. The van der Waals surface area contributed by atoms with Crippen LogP contribution in [-0.4, -0.2) is 9.78 Å². The third-order valence-corrected chi connectivity index (χ3v) is 2.95. The molecule has 5 heteroatoms. The first kappa shape index (κ1) is 13.1. The Morgan fingerprint density at radius 3 is 2.84 bits per heavy atom. The lowest BCUT2D eigenvalue weighted by molar-refractivity contribution is 0.627. The number of aryl methyl sites for hydroxylation is 2. The van der Waals surface area contributed by atoms with Crippen molar-refractivity contribution in [1.29, 1.82) is 5.26 Å². The van der Waals surface area contributed by atoms with Crippen LogP contribution >= 0.6 is 0 Å². The standard InChI is InChI=1S/C14H15FN4/c1-3-12-7-13(19(2)18-12)9-17-14-5-4-11(15)6-10(14)8-16/h4-7,17H,3,9H2,1-2H3. The van der Waals surface area contributed by atoms with Crippen molar-refractivity contribution in [2.75, 3.05) is 5.32 Å². The van der Waals surface area contributed by atoms with Gasteiger partial charge in [-0.1, -0.05) is 6.92 Å². The molecule has 19 heavy (non-hydrogen) atoms. The lowest BCUT2D eigenvalue weighted by atomic mass is 10.2. The first-order valence-corrected chi connectivity index (χ1v) is 6.09. The number of nitrogens with zero attached hydrogens (tertiary/aromatic N) is 3. The Kier molecular flexibility index (Phi) is 3.81. The Bertz CT molecular complexity index is 625. The molecule has 98 valence electrons. The van der Waals surface area contributed by atoms with E-state index in [1.54, 1.807) is 10.7 Å². The molecule has 0 atom stereocenters. The van der Waals surface area contributed by atoms with Crippen molar-refractivity contribution in [2.24, 2.45) is 7.05 Å². The number of nitrogens with one attached hydrogen (secondary N) is 1. The van der Waals surface area contributed by atoms with E-state index in [0.717, 1.165) is 17.8 Å². The molecule has 1 aromatic carbocycles. The van der Waals surface area contributed by atoms with Crippen LogP contribution in [0.2, 0.25) is 0 Å². The van der Waals surface area contributed by atoms with Crippen LogP contribution in [0.25, 0.3) is 0 Å². The summed E-state index contributed by atoms with van der Waals surface area (Å²) in [5, 5.41) is 16.4.